The standard InChI is InChI=1S/C17H20ClN3O/c18-15-4-2-1-3-12(15)10-16-20-17(22-21-16)9-11-7-13-5-6-14(8-11)19-13/h1-4,11,13-14,19H,5-10H2. The molecule has 0 amide bonds. The number of nitrogens with one attached hydrogen (secondary N) is 1. The smallest absolute Gasteiger partial charge is 0.226 e. The highest BCUT2D eigenvalue weighted by Gasteiger charge is 2.34. The number of rotatable bonds is 4. The van der Waals surface area contributed by atoms with Crippen molar-refractivity contribution in [1.29, 1.82) is 0 Å². The van der Waals surface area contributed by atoms with Gasteiger partial charge in [-0.25, -0.2) is 0 Å². The third-order valence-electron chi connectivity index (χ3n) is 4.85. The Morgan fingerprint density at radius 1 is 1.18 bits per heavy atom. The Morgan fingerprint density at radius 2 is 1.95 bits per heavy atom. The largest absolute Gasteiger partial charge is 0.339 e. The molecule has 3 heterocycles. The first-order chi connectivity index (χ1) is 10.8. The van der Waals surface area contributed by atoms with E-state index in [4.69, 9.17) is 16.1 Å². The van der Waals surface area contributed by atoms with Gasteiger partial charge < -0.3 is 9.84 Å². The Balaban J connectivity index is 1.40. The molecule has 0 aliphatic carbocycles. The fourth-order valence-corrected chi connectivity index (χ4v) is 4.05. The molecule has 5 heteroatoms. The van der Waals surface area contributed by atoms with E-state index in [1.54, 1.807) is 0 Å². The molecular weight excluding hydrogens is 298 g/mol. The van der Waals surface area contributed by atoms with Crippen LogP contribution in [0.4, 0.5) is 0 Å². The van der Waals surface area contributed by atoms with Crippen LogP contribution in [0.5, 0.6) is 0 Å². The molecule has 2 aliphatic rings. The molecule has 2 fully saturated rings. The topological polar surface area (TPSA) is 51.0 Å². The van der Waals surface area contributed by atoms with Gasteiger partial charge >= 0.3 is 0 Å². The van der Waals surface area contributed by atoms with Gasteiger partial charge in [-0.1, -0.05) is 35.0 Å². The number of halogens is 1. The van der Waals surface area contributed by atoms with Crippen molar-refractivity contribution < 1.29 is 4.52 Å². The molecule has 2 saturated heterocycles. The third-order valence-corrected chi connectivity index (χ3v) is 5.22. The molecule has 4 nitrogen and oxygen atoms in total. The summed E-state index contributed by atoms with van der Waals surface area (Å²) in [6.45, 7) is 0. The van der Waals surface area contributed by atoms with Crippen molar-refractivity contribution in [2.75, 3.05) is 0 Å². The molecule has 2 aromatic rings. The second-order valence-corrected chi connectivity index (χ2v) is 6.96. The molecule has 1 aromatic carbocycles. The molecule has 2 atom stereocenters. The van der Waals surface area contributed by atoms with Crippen molar-refractivity contribution in [3.05, 3.63) is 46.6 Å². The van der Waals surface area contributed by atoms with Crippen molar-refractivity contribution in [3.63, 3.8) is 0 Å². The van der Waals surface area contributed by atoms with Crippen LogP contribution in [0, 0.1) is 5.92 Å². The summed E-state index contributed by atoms with van der Waals surface area (Å²) in [6.07, 6.45) is 6.65. The maximum Gasteiger partial charge on any atom is 0.226 e. The fraction of sp³-hybridized carbons (Fsp3) is 0.529. The average Bonchev–Trinajstić information content (AvgIpc) is 3.08. The van der Waals surface area contributed by atoms with E-state index in [-0.39, 0.29) is 0 Å². The minimum atomic E-state index is 0.626. The van der Waals surface area contributed by atoms with Gasteiger partial charge in [0.2, 0.25) is 5.89 Å². The lowest BCUT2D eigenvalue weighted by Gasteiger charge is -2.28. The Bertz CT molecular complexity index is 645. The van der Waals surface area contributed by atoms with Crippen molar-refractivity contribution in [3.8, 4) is 0 Å². The SMILES string of the molecule is Clc1ccccc1Cc1noc(CC2CC3CCC(C2)N3)n1. The molecule has 1 N–H and O–H groups in total. The maximum absolute atomic E-state index is 6.18. The Hall–Kier alpha value is -1.39. The fourth-order valence-electron chi connectivity index (χ4n) is 3.85. The van der Waals surface area contributed by atoms with Crippen molar-refractivity contribution in [2.45, 2.75) is 50.6 Å². The Morgan fingerprint density at radius 3 is 2.73 bits per heavy atom. The van der Waals surface area contributed by atoms with Crippen LogP contribution in [0.15, 0.2) is 28.8 Å². The van der Waals surface area contributed by atoms with E-state index in [2.05, 4.69) is 15.5 Å². The first kappa shape index (κ1) is 14.2. The van der Waals surface area contributed by atoms with Crippen LogP contribution >= 0.6 is 11.6 Å². The quantitative estimate of drug-likeness (QED) is 0.939. The van der Waals surface area contributed by atoms with E-state index in [1.807, 2.05) is 24.3 Å². The predicted octanol–water partition coefficient (Wildman–Crippen LogP) is 3.39. The monoisotopic (exact) mass is 317 g/mol. The van der Waals surface area contributed by atoms with Crippen molar-refractivity contribution >= 4 is 11.6 Å². The molecular formula is C17H20ClN3O. The van der Waals surface area contributed by atoms with Gasteiger partial charge in [-0.3, -0.25) is 0 Å². The number of benzene rings is 1. The lowest BCUT2D eigenvalue weighted by atomic mass is 9.90. The number of piperidine rings is 1. The van der Waals surface area contributed by atoms with E-state index in [0.717, 1.165) is 28.7 Å². The first-order valence-electron chi connectivity index (χ1n) is 8.07. The highest BCUT2D eigenvalue weighted by Crippen LogP contribution is 2.32. The molecule has 1 aromatic heterocycles. The summed E-state index contributed by atoms with van der Waals surface area (Å²) in [5, 5.41) is 8.53. The van der Waals surface area contributed by atoms with E-state index >= 15 is 0 Å². The van der Waals surface area contributed by atoms with Crippen LogP contribution in [0.25, 0.3) is 0 Å². The summed E-state index contributed by atoms with van der Waals surface area (Å²) in [5.74, 6) is 2.17. The summed E-state index contributed by atoms with van der Waals surface area (Å²) in [5.41, 5.74) is 1.04. The van der Waals surface area contributed by atoms with E-state index in [0.29, 0.717) is 24.4 Å². The van der Waals surface area contributed by atoms with E-state index < -0.39 is 0 Å². The zero-order valence-electron chi connectivity index (χ0n) is 12.5. The van der Waals surface area contributed by atoms with Crippen molar-refractivity contribution in [2.24, 2.45) is 5.92 Å². The second-order valence-electron chi connectivity index (χ2n) is 6.55. The number of aromatic nitrogens is 2. The second kappa shape index (κ2) is 6.01. The first-order valence-corrected chi connectivity index (χ1v) is 8.45. The normalized spacial score (nSPS) is 27.2. The lowest BCUT2D eigenvalue weighted by molar-refractivity contribution is 0.270. The number of hydrogen-bond acceptors (Lipinski definition) is 4. The minimum absolute atomic E-state index is 0.626. The molecule has 4 rings (SSSR count). The summed E-state index contributed by atoms with van der Waals surface area (Å²) >= 11 is 6.18. The minimum Gasteiger partial charge on any atom is -0.339 e. The number of hydrogen-bond donors (Lipinski definition) is 1. The molecule has 2 unspecified atom stereocenters. The van der Waals surface area contributed by atoms with Gasteiger partial charge in [0.05, 0.1) is 0 Å². The van der Waals surface area contributed by atoms with Crippen LogP contribution in [0.2, 0.25) is 5.02 Å². The molecule has 22 heavy (non-hydrogen) atoms. The summed E-state index contributed by atoms with van der Waals surface area (Å²) in [7, 11) is 0. The van der Waals surface area contributed by atoms with Gasteiger partial charge in [-0.05, 0) is 43.2 Å². The van der Waals surface area contributed by atoms with Crippen molar-refractivity contribution in [1.82, 2.24) is 15.5 Å². The van der Waals surface area contributed by atoms with Crippen LogP contribution in [0.1, 0.15) is 43.0 Å². The van der Waals surface area contributed by atoms with Crippen LogP contribution < -0.4 is 5.32 Å². The average molecular weight is 318 g/mol. The molecule has 0 radical (unpaired) electrons. The molecule has 116 valence electrons. The summed E-state index contributed by atoms with van der Waals surface area (Å²) < 4.78 is 5.45. The van der Waals surface area contributed by atoms with Gasteiger partial charge in [0.25, 0.3) is 0 Å². The zero-order chi connectivity index (χ0) is 14.9. The highest BCUT2D eigenvalue weighted by atomic mass is 35.5. The predicted molar refractivity (Wildman–Crippen MR) is 84.9 cm³/mol. The number of nitrogens with zero attached hydrogens (tertiary/aromatic N) is 2. The zero-order valence-corrected chi connectivity index (χ0v) is 13.2. The van der Waals surface area contributed by atoms with Crippen LogP contribution in [-0.2, 0) is 12.8 Å². The maximum atomic E-state index is 6.18. The van der Waals surface area contributed by atoms with Gasteiger partial charge in [-0.15, -0.1) is 0 Å². The molecule has 0 saturated carbocycles. The molecule has 0 spiro atoms. The van der Waals surface area contributed by atoms with Crippen LogP contribution in [-0.4, -0.2) is 22.2 Å². The number of fused-ring (bicyclic) bond motifs is 2. The summed E-state index contributed by atoms with van der Waals surface area (Å²) in [4.78, 5) is 4.55. The highest BCUT2D eigenvalue weighted by molar-refractivity contribution is 6.31. The lowest BCUT2D eigenvalue weighted by Crippen LogP contribution is -2.38. The van der Waals surface area contributed by atoms with Gasteiger partial charge in [-0.2, -0.15) is 4.98 Å². The third kappa shape index (κ3) is 3.03. The van der Waals surface area contributed by atoms with Gasteiger partial charge in [0.1, 0.15) is 0 Å². The van der Waals surface area contributed by atoms with Gasteiger partial charge in [0.15, 0.2) is 5.82 Å². The Labute approximate surface area is 135 Å². The summed E-state index contributed by atoms with van der Waals surface area (Å²) in [6, 6.07) is 9.21. The molecule has 2 aliphatic heterocycles. The van der Waals surface area contributed by atoms with E-state index in [1.165, 1.54) is 25.7 Å². The van der Waals surface area contributed by atoms with Crippen LogP contribution in [0.3, 0.4) is 0 Å². The molecule has 2 bridgehead atoms. The van der Waals surface area contributed by atoms with E-state index in [9.17, 15) is 0 Å². The Kier molecular flexibility index (Phi) is 3.89. The van der Waals surface area contributed by atoms with Gasteiger partial charge in [0, 0.05) is 29.9 Å².